The van der Waals surface area contributed by atoms with Gasteiger partial charge in [0.2, 0.25) is 0 Å². The molecule has 4 rings (SSSR count). The second kappa shape index (κ2) is 7.70. The second-order valence-corrected chi connectivity index (χ2v) is 7.88. The van der Waals surface area contributed by atoms with Crippen LogP contribution in [0.2, 0.25) is 0 Å². The molecule has 1 aliphatic rings. The summed E-state index contributed by atoms with van der Waals surface area (Å²) >= 11 is 0. The fourth-order valence-electron chi connectivity index (χ4n) is 3.63. The zero-order valence-electron chi connectivity index (χ0n) is 17.7. The van der Waals surface area contributed by atoms with Crippen LogP contribution in [-0.4, -0.2) is 19.8 Å². The average molecular weight is 389 g/mol. The summed E-state index contributed by atoms with van der Waals surface area (Å²) < 4.78 is 12.2. The number of ether oxygens (including phenoxy) is 2. The lowest BCUT2D eigenvalue weighted by Crippen LogP contribution is -2.37. The summed E-state index contributed by atoms with van der Waals surface area (Å²) in [5.41, 5.74) is 7.06. The van der Waals surface area contributed by atoms with Crippen molar-refractivity contribution in [1.82, 2.24) is 0 Å². The maximum atomic E-state index is 6.23. The average Bonchev–Trinajstić information content (AvgIpc) is 3.01. The number of anilines is 2. The van der Waals surface area contributed by atoms with Crippen molar-refractivity contribution in [1.29, 1.82) is 0 Å². The van der Waals surface area contributed by atoms with E-state index in [0.717, 1.165) is 28.6 Å². The molecule has 0 spiro atoms. The smallest absolute Gasteiger partial charge is 0.134 e. The Hall–Kier alpha value is -3.14. The number of benzene rings is 3. The first-order chi connectivity index (χ1) is 13.9. The zero-order chi connectivity index (χ0) is 20.5. The van der Waals surface area contributed by atoms with E-state index in [4.69, 9.17) is 9.47 Å². The van der Waals surface area contributed by atoms with Gasteiger partial charge in [-0.2, -0.15) is 0 Å². The first-order valence-electron chi connectivity index (χ1n) is 9.99. The molecule has 4 nitrogen and oxygen atoms in total. The molecule has 0 bridgehead atoms. The molecule has 1 unspecified atom stereocenters. The summed E-state index contributed by atoms with van der Waals surface area (Å²) in [5, 5.41) is 3.53. The molecule has 1 heterocycles. The van der Waals surface area contributed by atoms with Crippen molar-refractivity contribution >= 4 is 11.4 Å². The fourth-order valence-corrected chi connectivity index (χ4v) is 3.63. The van der Waals surface area contributed by atoms with E-state index in [1.54, 1.807) is 0 Å². The van der Waals surface area contributed by atoms with Crippen molar-refractivity contribution in [2.45, 2.75) is 33.9 Å². The van der Waals surface area contributed by atoms with E-state index in [-0.39, 0.29) is 6.17 Å². The number of hydrogen-bond donors (Lipinski definition) is 1. The van der Waals surface area contributed by atoms with Gasteiger partial charge in [-0.3, -0.25) is 0 Å². The predicted octanol–water partition coefficient (Wildman–Crippen LogP) is 5.98. The van der Waals surface area contributed by atoms with Gasteiger partial charge in [0.1, 0.15) is 30.0 Å². The third-order valence-electron chi connectivity index (χ3n) is 5.56. The molecule has 3 aromatic carbocycles. The molecule has 3 aromatic rings. The van der Waals surface area contributed by atoms with E-state index in [2.05, 4.69) is 81.4 Å². The van der Waals surface area contributed by atoms with Gasteiger partial charge < -0.3 is 19.7 Å². The minimum Gasteiger partial charge on any atom is -0.489 e. The number of nitrogens with one attached hydrogen (secondary N) is 1. The number of nitrogens with zero attached hydrogens (tertiary/aromatic N) is 1. The van der Waals surface area contributed by atoms with Gasteiger partial charge in [0.05, 0.1) is 11.4 Å². The maximum Gasteiger partial charge on any atom is 0.134 e. The van der Waals surface area contributed by atoms with E-state index >= 15 is 0 Å². The molecule has 0 amide bonds. The minimum atomic E-state index is 0.0736. The molecule has 0 saturated heterocycles. The Morgan fingerprint density at radius 2 is 1.59 bits per heavy atom. The number of fused-ring (bicyclic) bond motifs is 1. The van der Waals surface area contributed by atoms with Crippen LogP contribution in [-0.2, 0) is 0 Å². The minimum absolute atomic E-state index is 0.0736. The van der Waals surface area contributed by atoms with Gasteiger partial charge >= 0.3 is 0 Å². The molecular formula is C25H28N2O2. The van der Waals surface area contributed by atoms with Crippen LogP contribution in [0.3, 0.4) is 0 Å². The number of aryl methyl sites for hydroxylation is 3. The van der Waals surface area contributed by atoms with Gasteiger partial charge in [-0.15, -0.1) is 0 Å². The SMILES string of the molecule is Cc1ccc(OCC2Nc3ccc(Oc4cc(C)cc(C)c4C)cc3N2C)cc1. The summed E-state index contributed by atoms with van der Waals surface area (Å²) in [6, 6.07) is 18.6. The molecule has 4 heteroatoms. The van der Waals surface area contributed by atoms with E-state index in [1.807, 2.05) is 18.2 Å². The van der Waals surface area contributed by atoms with Crippen LogP contribution in [0, 0.1) is 27.7 Å². The molecular weight excluding hydrogens is 360 g/mol. The van der Waals surface area contributed by atoms with Gasteiger partial charge in [-0.25, -0.2) is 0 Å². The van der Waals surface area contributed by atoms with Crippen molar-refractivity contribution in [3.8, 4) is 17.2 Å². The van der Waals surface area contributed by atoms with Crippen molar-refractivity contribution < 1.29 is 9.47 Å². The Kier molecular flexibility index (Phi) is 5.10. The van der Waals surface area contributed by atoms with Crippen LogP contribution in [0.1, 0.15) is 22.3 Å². The summed E-state index contributed by atoms with van der Waals surface area (Å²) in [5.74, 6) is 2.64. The van der Waals surface area contributed by atoms with E-state index < -0.39 is 0 Å². The van der Waals surface area contributed by atoms with Gasteiger partial charge in [0, 0.05) is 13.1 Å². The van der Waals surface area contributed by atoms with Gasteiger partial charge in [0.25, 0.3) is 0 Å². The van der Waals surface area contributed by atoms with Gasteiger partial charge in [-0.1, -0.05) is 23.8 Å². The maximum absolute atomic E-state index is 6.23. The molecule has 0 saturated carbocycles. The monoisotopic (exact) mass is 388 g/mol. The third-order valence-corrected chi connectivity index (χ3v) is 5.56. The first-order valence-corrected chi connectivity index (χ1v) is 9.99. The molecule has 0 fully saturated rings. The highest BCUT2D eigenvalue weighted by atomic mass is 16.5. The van der Waals surface area contributed by atoms with Crippen LogP contribution in [0.4, 0.5) is 11.4 Å². The lowest BCUT2D eigenvalue weighted by molar-refractivity contribution is 0.298. The Balaban J connectivity index is 1.47. The molecule has 0 radical (unpaired) electrons. The van der Waals surface area contributed by atoms with Crippen LogP contribution >= 0.6 is 0 Å². The zero-order valence-corrected chi connectivity index (χ0v) is 17.7. The van der Waals surface area contributed by atoms with E-state index in [1.165, 1.54) is 22.3 Å². The van der Waals surface area contributed by atoms with E-state index in [9.17, 15) is 0 Å². The highest BCUT2D eigenvalue weighted by Crippen LogP contribution is 2.38. The largest absolute Gasteiger partial charge is 0.489 e. The number of rotatable bonds is 5. The third kappa shape index (κ3) is 4.02. The van der Waals surface area contributed by atoms with E-state index in [0.29, 0.717) is 6.61 Å². The standard InChI is InChI=1S/C25H28N2O2/c1-16-6-8-20(9-7-16)28-15-25-26-22-11-10-21(14-23(22)27(25)5)29-24-13-17(2)12-18(3)19(24)4/h6-14,25-26H,15H2,1-5H3. The van der Waals surface area contributed by atoms with Crippen LogP contribution in [0.25, 0.3) is 0 Å². The molecule has 150 valence electrons. The molecule has 1 N–H and O–H groups in total. The predicted molar refractivity (Wildman–Crippen MR) is 120 cm³/mol. The Bertz CT molecular complexity index is 1030. The topological polar surface area (TPSA) is 33.7 Å². The van der Waals surface area contributed by atoms with Crippen LogP contribution in [0.5, 0.6) is 17.2 Å². The normalized spacial score (nSPS) is 15.1. The Morgan fingerprint density at radius 1 is 0.862 bits per heavy atom. The highest BCUT2D eigenvalue weighted by molar-refractivity contribution is 5.77. The molecule has 0 aliphatic carbocycles. The first kappa shape index (κ1) is 19.2. The van der Waals surface area contributed by atoms with Gasteiger partial charge in [0.15, 0.2) is 0 Å². The molecule has 0 aromatic heterocycles. The summed E-state index contributed by atoms with van der Waals surface area (Å²) in [7, 11) is 2.08. The summed E-state index contributed by atoms with van der Waals surface area (Å²) in [4.78, 5) is 2.20. The van der Waals surface area contributed by atoms with Crippen LogP contribution < -0.4 is 19.7 Å². The number of hydrogen-bond acceptors (Lipinski definition) is 4. The van der Waals surface area contributed by atoms with Crippen molar-refractivity contribution in [3.63, 3.8) is 0 Å². The molecule has 29 heavy (non-hydrogen) atoms. The Morgan fingerprint density at radius 3 is 2.34 bits per heavy atom. The van der Waals surface area contributed by atoms with Crippen molar-refractivity contribution in [2.75, 3.05) is 23.9 Å². The second-order valence-electron chi connectivity index (χ2n) is 7.88. The molecule has 1 atom stereocenters. The van der Waals surface area contributed by atoms with Crippen molar-refractivity contribution in [3.05, 3.63) is 76.9 Å². The fraction of sp³-hybridized carbons (Fsp3) is 0.280. The Labute approximate surface area is 173 Å². The van der Waals surface area contributed by atoms with Crippen LogP contribution in [0.15, 0.2) is 54.6 Å². The van der Waals surface area contributed by atoms with Gasteiger partial charge in [-0.05, 0) is 74.7 Å². The summed E-state index contributed by atoms with van der Waals surface area (Å²) in [6.07, 6.45) is 0.0736. The lowest BCUT2D eigenvalue weighted by atomic mass is 10.1. The quantitative estimate of drug-likeness (QED) is 0.583. The summed E-state index contributed by atoms with van der Waals surface area (Å²) in [6.45, 7) is 8.95. The molecule has 1 aliphatic heterocycles. The number of likely N-dealkylation sites (N-methyl/N-ethyl adjacent to an activating group) is 1. The highest BCUT2D eigenvalue weighted by Gasteiger charge is 2.26. The van der Waals surface area contributed by atoms with Crippen molar-refractivity contribution in [2.24, 2.45) is 0 Å². The lowest BCUT2D eigenvalue weighted by Gasteiger charge is -2.22.